The molecule has 0 aliphatic heterocycles. The zero-order valence-electron chi connectivity index (χ0n) is 6.95. The van der Waals surface area contributed by atoms with Gasteiger partial charge in [-0.25, -0.2) is 4.98 Å². The molecular weight excluding hydrogens is 170 g/mol. The van der Waals surface area contributed by atoms with Crippen LogP contribution in [0.15, 0.2) is 11.4 Å². The van der Waals surface area contributed by atoms with Crippen molar-refractivity contribution in [2.75, 3.05) is 6.54 Å². The standard InChI is InChI=1S/C8H11N3S/c1-11-7(2-4-9)10-6-3-5-12-8(6)11/h3,5H,2,4,9H2,1H3. The van der Waals surface area contributed by atoms with E-state index in [-0.39, 0.29) is 0 Å². The lowest BCUT2D eigenvalue weighted by Gasteiger charge is -1.97. The third-order valence-corrected chi connectivity index (χ3v) is 2.91. The number of thiophene rings is 1. The van der Waals surface area contributed by atoms with Crippen LogP contribution < -0.4 is 5.73 Å². The summed E-state index contributed by atoms with van der Waals surface area (Å²) in [6.45, 7) is 0.665. The van der Waals surface area contributed by atoms with Crippen molar-refractivity contribution in [3.63, 3.8) is 0 Å². The van der Waals surface area contributed by atoms with Crippen molar-refractivity contribution in [2.45, 2.75) is 6.42 Å². The van der Waals surface area contributed by atoms with Gasteiger partial charge in [-0.05, 0) is 18.0 Å². The van der Waals surface area contributed by atoms with Crippen molar-refractivity contribution in [3.8, 4) is 0 Å². The summed E-state index contributed by atoms with van der Waals surface area (Å²) >= 11 is 1.72. The Bertz CT molecular complexity index is 388. The summed E-state index contributed by atoms with van der Waals surface area (Å²) in [6, 6.07) is 2.04. The Morgan fingerprint density at radius 1 is 1.67 bits per heavy atom. The second-order valence-corrected chi connectivity index (χ2v) is 3.63. The van der Waals surface area contributed by atoms with Crippen LogP contribution >= 0.6 is 11.3 Å². The predicted octanol–water partition coefficient (Wildman–Crippen LogP) is 1.14. The fraction of sp³-hybridized carbons (Fsp3) is 0.375. The van der Waals surface area contributed by atoms with Gasteiger partial charge in [0.25, 0.3) is 0 Å². The second-order valence-electron chi connectivity index (χ2n) is 2.74. The molecule has 2 aromatic heterocycles. The Morgan fingerprint density at radius 3 is 3.17 bits per heavy atom. The number of nitrogens with zero attached hydrogens (tertiary/aromatic N) is 2. The fourth-order valence-electron chi connectivity index (χ4n) is 1.31. The van der Waals surface area contributed by atoms with Crippen molar-refractivity contribution in [3.05, 3.63) is 17.3 Å². The monoisotopic (exact) mass is 181 g/mol. The highest BCUT2D eigenvalue weighted by Gasteiger charge is 2.06. The Morgan fingerprint density at radius 2 is 2.50 bits per heavy atom. The highest BCUT2D eigenvalue weighted by atomic mass is 32.1. The van der Waals surface area contributed by atoms with E-state index in [4.69, 9.17) is 5.73 Å². The number of aromatic nitrogens is 2. The molecule has 0 bridgehead atoms. The fourth-order valence-corrected chi connectivity index (χ4v) is 2.14. The molecule has 2 N–H and O–H groups in total. The molecule has 4 heteroatoms. The molecule has 2 heterocycles. The molecule has 2 rings (SSSR count). The van der Waals surface area contributed by atoms with Crippen LogP contribution in [0.3, 0.4) is 0 Å². The Balaban J connectivity index is 2.55. The van der Waals surface area contributed by atoms with Gasteiger partial charge in [-0.15, -0.1) is 11.3 Å². The van der Waals surface area contributed by atoms with Crippen molar-refractivity contribution in [1.29, 1.82) is 0 Å². The number of imidazole rings is 1. The zero-order chi connectivity index (χ0) is 8.55. The average molecular weight is 181 g/mol. The minimum atomic E-state index is 0.665. The number of rotatable bonds is 2. The van der Waals surface area contributed by atoms with E-state index in [1.165, 1.54) is 4.83 Å². The maximum Gasteiger partial charge on any atom is 0.122 e. The normalized spacial score (nSPS) is 11.2. The van der Waals surface area contributed by atoms with Crippen LogP contribution in [0.5, 0.6) is 0 Å². The summed E-state index contributed by atoms with van der Waals surface area (Å²) in [4.78, 5) is 5.69. The van der Waals surface area contributed by atoms with Gasteiger partial charge in [0.15, 0.2) is 0 Å². The predicted molar refractivity (Wildman–Crippen MR) is 51.3 cm³/mol. The Hall–Kier alpha value is -0.870. The SMILES string of the molecule is Cn1c(CCN)nc2ccsc21. The van der Waals surface area contributed by atoms with E-state index in [1.807, 2.05) is 13.1 Å². The maximum absolute atomic E-state index is 5.47. The number of aryl methyl sites for hydroxylation is 1. The minimum Gasteiger partial charge on any atom is -0.330 e. The second kappa shape index (κ2) is 2.88. The van der Waals surface area contributed by atoms with Gasteiger partial charge >= 0.3 is 0 Å². The highest BCUT2D eigenvalue weighted by molar-refractivity contribution is 7.16. The number of hydrogen-bond donors (Lipinski definition) is 1. The topological polar surface area (TPSA) is 43.8 Å². The first kappa shape index (κ1) is 7.76. The molecular formula is C8H11N3S. The number of fused-ring (bicyclic) bond motifs is 1. The Kier molecular flexibility index (Phi) is 1.86. The minimum absolute atomic E-state index is 0.665. The Labute approximate surface area is 74.8 Å². The van der Waals surface area contributed by atoms with Crippen LogP contribution in [0.2, 0.25) is 0 Å². The van der Waals surface area contributed by atoms with Gasteiger partial charge in [0.1, 0.15) is 10.7 Å². The molecule has 0 saturated carbocycles. The molecule has 0 aliphatic carbocycles. The lowest BCUT2D eigenvalue weighted by Crippen LogP contribution is -2.07. The van der Waals surface area contributed by atoms with Crippen molar-refractivity contribution in [1.82, 2.24) is 9.55 Å². The third-order valence-electron chi connectivity index (χ3n) is 1.93. The average Bonchev–Trinajstić information content (AvgIpc) is 2.58. The summed E-state index contributed by atoms with van der Waals surface area (Å²) in [5, 5.41) is 2.06. The number of hydrogen-bond acceptors (Lipinski definition) is 3. The zero-order valence-corrected chi connectivity index (χ0v) is 7.77. The summed E-state index contributed by atoms with van der Waals surface area (Å²) in [6.07, 6.45) is 0.859. The molecule has 0 amide bonds. The first-order chi connectivity index (χ1) is 5.83. The van der Waals surface area contributed by atoms with Crippen molar-refractivity contribution >= 4 is 21.7 Å². The van der Waals surface area contributed by atoms with Gasteiger partial charge in [0.05, 0.1) is 5.52 Å². The van der Waals surface area contributed by atoms with Gasteiger partial charge < -0.3 is 10.3 Å². The molecule has 0 atom stereocenters. The van der Waals surface area contributed by atoms with E-state index in [0.29, 0.717) is 6.54 Å². The van der Waals surface area contributed by atoms with Gasteiger partial charge in [0, 0.05) is 13.5 Å². The number of nitrogens with two attached hydrogens (primary N) is 1. The quantitative estimate of drug-likeness (QED) is 0.755. The van der Waals surface area contributed by atoms with Gasteiger partial charge in [0.2, 0.25) is 0 Å². The smallest absolute Gasteiger partial charge is 0.122 e. The van der Waals surface area contributed by atoms with E-state index in [0.717, 1.165) is 17.8 Å². The van der Waals surface area contributed by atoms with Crippen LogP contribution in [0.25, 0.3) is 10.3 Å². The molecule has 0 spiro atoms. The van der Waals surface area contributed by atoms with E-state index >= 15 is 0 Å². The van der Waals surface area contributed by atoms with Gasteiger partial charge in [-0.2, -0.15) is 0 Å². The van der Waals surface area contributed by atoms with Gasteiger partial charge in [-0.1, -0.05) is 0 Å². The molecule has 0 aliphatic rings. The molecule has 0 unspecified atom stereocenters. The van der Waals surface area contributed by atoms with Crippen LogP contribution in [-0.2, 0) is 13.5 Å². The van der Waals surface area contributed by atoms with E-state index < -0.39 is 0 Å². The van der Waals surface area contributed by atoms with Crippen molar-refractivity contribution in [2.24, 2.45) is 12.8 Å². The van der Waals surface area contributed by atoms with E-state index in [1.54, 1.807) is 11.3 Å². The van der Waals surface area contributed by atoms with Crippen LogP contribution in [0, 0.1) is 0 Å². The molecule has 0 aromatic carbocycles. The molecule has 0 radical (unpaired) electrons. The maximum atomic E-state index is 5.47. The summed E-state index contributed by atoms with van der Waals surface area (Å²) < 4.78 is 2.12. The van der Waals surface area contributed by atoms with Crippen LogP contribution in [0.4, 0.5) is 0 Å². The molecule has 2 aromatic rings. The summed E-state index contributed by atoms with van der Waals surface area (Å²) in [5.74, 6) is 1.08. The van der Waals surface area contributed by atoms with Crippen LogP contribution in [0.1, 0.15) is 5.82 Å². The summed E-state index contributed by atoms with van der Waals surface area (Å²) in [5.41, 5.74) is 6.56. The molecule has 0 saturated heterocycles. The molecule has 12 heavy (non-hydrogen) atoms. The molecule has 3 nitrogen and oxygen atoms in total. The molecule has 0 fully saturated rings. The lowest BCUT2D eigenvalue weighted by atomic mass is 10.4. The largest absolute Gasteiger partial charge is 0.330 e. The van der Waals surface area contributed by atoms with Crippen molar-refractivity contribution < 1.29 is 0 Å². The first-order valence-corrected chi connectivity index (χ1v) is 4.79. The van der Waals surface area contributed by atoms with Gasteiger partial charge in [-0.3, -0.25) is 0 Å². The summed E-state index contributed by atoms with van der Waals surface area (Å²) in [7, 11) is 2.04. The van der Waals surface area contributed by atoms with Crippen LogP contribution in [-0.4, -0.2) is 16.1 Å². The third kappa shape index (κ3) is 1.04. The lowest BCUT2D eigenvalue weighted by molar-refractivity contribution is 0.796. The first-order valence-electron chi connectivity index (χ1n) is 3.92. The molecule has 64 valence electrons. The van der Waals surface area contributed by atoms with E-state index in [9.17, 15) is 0 Å². The highest BCUT2D eigenvalue weighted by Crippen LogP contribution is 2.20. The van der Waals surface area contributed by atoms with E-state index in [2.05, 4.69) is 14.9 Å².